The standard InChI is InChI=1S/C21H26N4O2/c1-2-3-4-9-14-27-21(26)16(15-22)19-20(25-12-7-8-13-25)24-18-11-6-5-10-17(18)23-19/h5-6,10-11,16H,2-4,7-9,12-14H2,1H3/t16-/m0/s1. The number of nitrogens with zero attached hydrogens (tertiary/aromatic N) is 4. The van der Waals surface area contributed by atoms with E-state index in [4.69, 9.17) is 9.72 Å². The lowest BCUT2D eigenvalue weighted by Crippen LogP contribution is -2.25. The van der Waals surface area contributed by atoms with Crippen molar-refractivity contribution in [1.82, 2.24) is 9.97 Å². The summed E-state index contributed by atoms with van der Waals surface area (Å²) in [6.45, 7) is 4.21. The molecule has 142 valence electrons. The minimum atomic E-state index is -1.05. The van der Waals surface area contributed by atoms with E-state index in [1.807, 2.05) is 24.3 Å². The van der Waals surface area contributed by atoms with E-state index in [-0.39, 0.29) is 0 Å². The summed E-state index contributed by atoms with van der Waals surface area (Å²) in [6, 6.07) is 9.64. The highest BCUT2D eigenvalue weighted by Gasteiger charge is 2.30. The van der Waals surface area contributed by atoms with Crippen LogP contribution in [0, 0.1) is 11.3 Å². The van der Waals surface area contributed by atoms with Crippen molar-refractivity contribution in [3.63, 3.8) is 0 Å². The van der Waals surface area contributed by atoms with E-state index < -0.39 is 11.9 Å². The van der Waals surface area contributed by atoms with Crippen molar-refractivity contribution in [3.05, 3.63) is 30.0 Å². The predicted molar refractivity (Wildman–Crippen MR) is 104 cm³/mol. The molecule has 6 nitrogen and oxygen atoms in total. The number of rotatable bonds is 8. The number of unbranched alkanes of at least 4 members (excludes halogenated alkanes) is 3. The molecule has 27 heavy (non-hydrogen) atoms. The molecule has 3 rings (SSSR count). The van der Waals surface area contributed by atoms with Crippen LogP contribution in [0.4, 0.5) is 5.82 Å². The molecule has 1 atom stereocenters. The van der Waals surface area contributed by atoms with Gasteiger partial charge in [-0.1, -0.05) is 38.3 Å². The molecule has 0 unspecified atom stereocenters. The number of ether oxygens (including phenoxy) is 1. The summed E-state index contributed by atoms with van der Waals surface area (Å²) in [5.41, 5.74) is 1.87. The number of hydrogen-bond acceptors (Lipinski definition) is 6. The van der Waals surface area contributed by atoms with Crippen molar-refractivity contribution in [2.24, 2.45) is 0 Å². The van der Waals surface area contributed by atoms with E-state index in [1.165, 1.54) is 0 Å². The highest BCUT2D eigenvalue weighted by atomic mass is 16.5. The molecule has 1 aromatic carbocycles. The van der Waals surface area contributed by atoms with Crippen molar-refractivity contribution in [2.45, 2.75) is 51.4 Å². The second-order valence-corrected chi connectivity index (χ2v) is 6.91. The summed E-state index contributed by atoms with van der Waals surface area (Å²) in [5, 5.41) is 9.69. The third kappa shape index (κ3) is 4.54. The van der Waals surface area contributed by atoms with Crippen LogP contribution in [0.5, 0.6) is 0 Å². The van der Waals surface area contributed by atoms with Crippen LogP contribution in [-0.2, 0) is 9.53 Å². The van der Waals surface area contributed by atoms with Gasteiger partial charge in [-0.2, -0.15) is 5.26 Å². The molecule has 1 aliphatic heterocycles. The van der Waals surface area contributed by atoms with Gasteiger partial charge in [-0.15, -0.1) is 0 Å². The average molecular weight is 366 g/mol. The molecule has 0 amide bonds. The third-order valence-corrected chi connectivity index (χ3v) is 4.86. The number of nitriles is 1. The van der Waals surface area contributed by atoms with E-state index in [1.54, 1.807) is 0 Å². The largest absolute Gasteiger partial charge is 0.464 e. The zero-order valence-electron chi connectivity index (χ0n) is 15.9. The van der Waals surface area contributed by atoms with Gasteiger partial charge in [0.1, 0.15) is 5.69 Å². The van der Waals surface area contributed by atoms with Crippen molar-refractivity contribution in [3.8, 4) is 6.07 Å². The zero-order chi connectivity index (χ0) is 19.1. The maximum absolute atomic E-state index is 12.6. The monoisotopic (exact) mass is 366 g/mol. The van der Waals surface area contributed by atoms with Crippen LogP contribution in [0.3, 0.4) is 0 Å². The van der Waals surface area contributed by atoms with Crippen molar-refractivity contribution >= 4 is 22.8 Å². The molecule has 2 heterocycles. The minimum Gasteiger partial charge on any atom is -0.464 e. The van der Waals surface area contributed by atoms with Gasteiger partial charge in [0.15, 0.2) is 11.7 Å². The molecule has 0 N–H and O–H groups in total. The number of carbonyl (C=O) groups excluding carboxylic acids is 1. The highest BCUT2D eigenvalue weighted by Crippen LogP contribution is 2.30. The lowest BCUT2D eigenvalue weighted by atomic mass is 10.1. The quantitative estimate of drug-likeness (QED) is 0.520. The Kier molecular flexibility index (Phi) is 6.59. The molecule has 0 saturated carbocycles. The summed E-state index contributed by atoms with van der Waals surface area (Å²) in [4.78, 5) is 24.1. The molecule has 0 spiro atoms. The second-order valence-electron chi connectivity index (χ2n) is 6.91. The van der Waals surface area contributed by atoms with Crippen LogP contribution in [0.25, 0.3) is 11.0 Å². The van der Waals surface area contributed by atoms with Crippen LogP contribution in [0.2, 0.25) is 0 Å². The Bertz CT molecular complexity index is 825. The Morgan fingerprint density at radius 2 is 1.89 bits per heavy atom. The fourth-order valence-corrected chi connectivity index (χ4v) is 3.37. The number of aromatic nitrogens is 2. The molecule has 0 radical (unpaired) electrons. The Morgan fingerprint density at radius 1 is 1.19 bits per heavy atom. The number of benzene rings is 1. The number of hydrogen-bond donors (Lipinski definition) is 0. The van der Waals surface area contributed by atoms with Gasteiger partial charge in [0.2, 0.25) is 0 Å². The van der Waals surface area contributed by atoms with Gasteiger partial charge in [-0.25, -0.2) is 9.97 Å². The minimum absolute atomic E-state index is 0.344. The number of anilines is 1. The molecule has 0 aliphatic carbocycles. The van der Waals surface area contributed by atoms with Crippen molar-refractivity contribution < 1.29 is 9.53 Å². The van der Waals surface area contributed by atoms with E-state index in [2.05, 4.69) is 22.9 Å². The lowest BCUT2D eigenvalue weighted by molar-refractivity contribution is -0.144. The zero-order valence-corrected chi connectivity index (χ0v) is 15.9. The molecule has 6 heteroatoms. The highest BCUT2D eigenvalue weighted by molar-refractivity contribution is 5.85. The van der Waals surface area contributed by atoms with Crippen LogP contribution in [0.1, 0.15) is 57.1 Å². The molecule has 1 saturated heterocycles. The summed E-state index contributed by atoms with van der Waals surface area (Å²) in [7, 11) is 0. The van der Waals surface area contributed by atoms with Crippen LogP contribution < -0.4 is 4.90 Å². The first kappa shape index (κ1) is 19.1. The Labute approximate surface area is 160 Å². The summed E-state index contributed by atoms with van der Waals surface area (Å²) in [6.07, 6.45) is 6.24. The second kappa shape index (κ2) is 9.31. The number of carbonyl (C=O) groups is 1. The summed E-state index contributed by atoms with van der Waals surface area (Å²) >= 11 is 0. The molecule has 1 aliphatic rings. The van der Waals surface area contributed by atoms with E-state index in [0.29, 0.717) is 23.6 Å². The predicted octanol–water partition coefficient (Wildman–Crippen LogP) is 3.96. The smallest absolute Gasteiger partial charge is 0.329 e. The first-order valence-corrected chi connectivity index (χ1v) is 9.82. The fraction of sp³-hybridized carbons (Fsp3) is 0.524. The van der Waals surface area contributed by atoms with Crippen molar-refractivity contribution in [1.29, 1.82) is 5.26 Å². The van der Waals surface area contributed by atoms with Crippen molar-refractivity contribution in [2.75, 3.05) is 24.6 Å². The van der Waals surface area contributed by atoms with Gasteiger partial charge in [0.05, 0.1) is 23.7 Å². The summed E-state index contributed by atoms with van der Waals surface area (Å²) in [5.74, 6) is -0.941. The van der Waals surface area contributed by atoms with E-state index >= 15 is 0 Å². The summed E-state index contributed by atoms with van der Waals surface area (Å²) < 4.78 is 5.38. The number of para-hydroxylation sites is 2. The molecule has 1 aromatic heterocycles. The SMILES string of the molecule is CCCCCCOC(=O)[C@@H](C#N)c1nc2ccccc2nc1N1CCCC1. The van der Waals surface area contributed by atoms with Crippen LogP contribution in [0.15, 0.2) is 24.3 Å². The first-order chi connectivity index (χ1) is 13.2. The molecule has 1 fully saturated rings. The Morgan fingerprint density at radius 3 is 2.56 bits per heavy atom. The molecular weight excluding hydrogens is 340 g/mol. The Balaban J connectivity index is 1.86. The maximum Gasteiger partial charge on any atom is 0.329 e. The lowest BCUT2D eigenvalue weighted by Gasteiger charge is -2.21. The molecule has 0 bridgehead atoms. The Hall–Kier alpha value is -2.68. The molecular formula is C21H26N4O2. The van der Waals surface area contributed by atoms with Gasteiger partial charge in [-0.3, -0.25) is 4.79 Å². The number of esters is 1. The van der Waals surface area contributed by atoms with E-state index in [0.717, 1.165) is 57.1 Å². The van der Waals surface area contributed by atoms with Crippen LogP contribution >= 0.6 is 0 Å². The van der Waals surface area contributed by atoms with Crippen LogP contribution in [-0.4, -0.2) is 35.6 Å². The van der Waals surface area contributed by atoms with E-state index in [9.17, 15) is 10.1 Å². The van der Waals surface area contributed by atoms with Gasteiger partial charge in [-0.05, 0) is 31.4 Å². The fourth-order valence-electron chi connectivity index (χ4n) is 3.37. The maximum atomic E-state index is 12.6. The average Bonchev–Trinajstić information content (AvgIpc) is 3.22. The third-order valence-electron chi connectivity index (χ3n) is 4.86. The van der Waals surface area contributed by atoms with Gasteiger partial charge >= 0.3 is 5.97 Å². The normalized spacial score (nSPS) is 14.9. The van der Waals surface area contributed by atoms with Gasteiger partial charge in [0, 0.05) is 13.1 Å². The number of fused-ring (bicyclic) bond motifs is 1. The van der Waals surface area contributed by atoms with Gasteiger partial charge in [0.25, 0.3) is 0 Å². The topological polar surface area (TPSA) is 79.1 Å². The first-order valence-electron chi connectivity index (χ1n) is 9.82. The van der Waals surface area contributed by atoms with Gasteiger partial charge < -0.3 is 9.64 Å². The molecule has 2 aromatic rings.